The molecule has 0 amide bonds. The van der Waals surface area contributed by atoms with Crippen molar-refractivity contribution in [3.05, 3.63) is 72.7 Å². The highest BCUT2D eigenvalue weighted by molar-refractivity contribution is 6.02. The van der Waals surface area contributed by atoms with E-state index in [4.69, 9.17) is 9.97 Å². The number of fused-ring (bicyclic) bond motifs is 1. The van der Waals surface area contributed by atoms with E-state index in [-0.39, 0.29) is 0 Å². The third kappa shape index (κ3) is 3.70. The fraction of sp³-hybridized carbons (Fsp3) is 0.308. The normalized spacial score (nSPS) is 15.2. The SMILES string of the molecule is Cc1cccc(-n2cc(-c3ccccc3)c3c(NC4CCCCCC4)ncnc32)c1. The van der Waals surface area contributed by atoms with Crippen LogP contribution >= 0.6 is 0 Å². The zero-order chi connectivity index (χ0) is 20.3. The zero-order valence-corrected chi connectivity index (χ0v) is 17.5. The van der Waals surface area contributed by atoms with E-state index in [1.807, 2.05) is 0 Å². The Morgan fingerprint density at radius 2 is 1.70 bits per heavy atom. The van der Waals surface area contributed by atoms with Crippen molar-refractivity contribution in [2.75, 3.05) is 5.32 Å². The molecule has 1 aliphatic rings. The molecule has 1 aliphatic carbocycles. The van der Waals surface area contributed by atoms with Gasteiger partial charge in [0, 0.05) is 23.5 Å². The van der Waals surface area contributed by atoms with Gasteiger partial charge in [-0.1, -0.05) is 68.1 Å². The summed E-state index contributed by atoms with van der Waals surface area (Å²) in [4.78, 5) is 9.42. The molecule has 0 radical (unpaired) electrons. The fourth-order valence-electron chi connectivity index (χ4n) is 4.60. The Hall–Kier alpha value is -3.14. The Morgan fingerprint density at radius 3 is 2.47 bits per heavy atom. The lowest BCUT2D eigenvalue weighted by Crippen LogP contribution is -2.19. The monoisotopic (exact) mass is 396 g/mol. The van der Waals surface area contributed by atoms with Crippen molar-refractivity contribution in [3.63, 3.8) is 0 Å². The molecule has 4 heteroatoms. The maximum Gasteiger partial charge on any atom is 0.150 e. The Kier molecular flexibility index (Phi) is 5.22. The molecule has 5 rings (SSSR count). The van der Waals surface area contributed by atoms with E-state index in [0.717, 1.165) is 22.5 Å². The molecule has 0 aliphatic heterocycles. The highest BCUT2D eigenvalue weighted by atomic mass is 15.1. The second-order valence-electron chi connectivity index (χ2n) is 8.37. The summed E-state index contributed by atoms with van der Waals surface area (Å²) in [7, 11) is 0. The van der Waals surface area contributed by atoms with E-state index < -0.39 is 0 Å². The first-order valence-corrected chi connectivity index (χ1v) is 11.0. The van der Waals surface area contributed by atoms with Crippen LogP contribution in [0, 0.1) is 6.92 Å². The summed E-state index contributed by atoms with van der Waals surface area (Å²) in [5.41, 5.74) is 5.67. The summed E-state index contributed by atoms with van der Waals surface area (Å²) < 4.78 is 2.20. The second-order valence-corrected chi connectivity index (χ2v) is 8.37. The molecule has 0 saturated heterocycles. The molecule has 2 heterocycles. The minimum Gasteiger partial charge on any atom is -0.367 e. The van der Waals surface area contributed by atoms with E-state index in [0.29, 0.717) is 6.04 Å². The number of hydrogen-bond acceptors (Lipinski definition) is 3. The van der Waals surface area contributed by atoms with Crippen LogP contribution in [-0.4, -0.2) is 20.6 Å². The molecule has 1 saturated carbocycles. The number of hydrogen-bond donors (Lipinski definition) is 1. The van der Waals surface area contributed by atoms with Gasteiger partial charge in [-0.15, -0.1) is 0 Å². The minimum atomic E-state index is 0.483. The van der Waals surface area contributed by atoms with Crippen LogP contribution in [0.5, 0.6) is 0 Å². The number of aryl methyl sites for hydroxylation is 1. The third-order valence-corrected chi connectivity index (χ3v) is 6.14. The minimum absolute atomic E-state index is 0.483. The van der Waals surface area contributed by atoms with Gasteiger partial charge in [-0.05, 0) is 43.0 Å². The summed E-state index contributed by atoms with van der Waals surface area (Å²) in [6, 6.07) is 19.6. The van der Waals surface area contributed by atoms with Crippen molar-refractivity contribution in [3.8, 4) is 16.8 Å². The lowest BCUT2D eigenvalue weighted by molar-refractivity contribution is 0.618. The third-order valence-electron chi connectivity index (χ3n) is 6.14. The van der Waals surface area contributed by atoms with Gasteiger partial charge in [0.1, 0.15) is 12.1 Å². The van der Waals surface area contributed by atoms with E-state index in [2.05, 4.69) is 77.6 Å². The van der Waals surface area contributed by atoms with E-state index in [1.165, 1.54) is 55.2 Å². The number of rotatable bonds is 4. The predicted molar refractivity (Wildman–Crippen MR) is 124 cm³/mol. The van der Waals surface area contributed by atoms with Crippen molar-refractivity contribution in [1.29, 1.82) is 0 Å². The van der Waals surface area contributed by atoms with Gasteiger partial charge in [0.15, 0.2) is 5.65 Å². The summed E-state index contributed by atoms with van der Waals surface area (Å²) >= 11 is 0. The zero-order valence-electron chi connectivity index (χ0n) is 17.5. The Labute approximate surface area is 178 Å². The summed E-state index contributed by atoms with van der Waals surface area (Å²) in [6.07, 6.45) is 11.6. The molecule has 4 nitrogen and oxygen atoms in total. The molecule has 0 spiro atoms. The van der Waals surface area contributed by atoms with E-state index in [1.54, 1.807) is 6.33 Å². The molecule has 0 unspecified atom stereocenters. The first-order chi connectivity index (χ1) is 14.8. The van der Waals surface area contributed by atoms with Gasteiger partial charge < -0.3 is 9.88 Å². The predicted octanol–water partition coefficient (Wildman–Crippen LogP) is 6.53. The summed E-state index contributed by atoms with van der Waals surface area (Å²) in [6.45, 7) is 2.13. The Bertz CT molecular complexity index is 1140. The van der Waals surface area contributed by atoms with Crippen molar-refractivity contribution in [2.24, 2.45) is 0 Å². The van der Waals surface area contributed by atoms with Gasteiger partial charge >= 0.3 is 0 Å². The van der Waals surface area contributed by atoms with E-state index in [9.17, 15) is 0 Å². The Morgan fingerprint density at radius 1 is 0.900 bits per heavy atom. The molecular weight excluding hydrogens is 368 g/mol. The van der Waals surface area contributed by atoms with Gasteiger partial charge in [-0.2, -0.15) is 0 Å². The van der Waals surface area contributed by atoms with Crippen LogP contribution in [-0.2, 0) is 0 Å². The highest BCUT2D eigenvalue weighted by Crippen LogP contribution is 2.36. The van der Waals surface area contributed by atoms with Crippen molar-refractivity contribution < 1.29 is 0 Å². The van der Waals surface area contributed by atoms with Crippen LogP contribution < -0.4 is 5.32 Å². The topological polar surface area (TPSA) is 42.7 Å². The van der Waals surface area contributed by atoms with Gasteiger partial charge in [0.25, 0.3) is 0 Å². The van der Waals surface area contributed by atoms with E-state index >= 15 is 0 Å². The van der Waals surface area contributed by atoms with Gasteiger partial charge in [-0.3, -0.25) is 0 Å². The lowest BCUT2D eigenvalue weighted by atomic mass is 10.1. The fourth-order valence-corrected chi connectivity index (χ4v) is 4.60. The number of nitrogens with one attached hydrogen (secondary N) is 1. The van der Waals surface area contributed by atoms with Crippen molar-refractivity contribution >= 4 is 16.9 Å². The average Bonchev–Trinajstić information content (AvgIpc) is 2.98. The van der Waals surface area contributed by atoms with Gasteiger partial charge in [0.2, 0.25) is 0 Å². The maximum absolute atomic E-state index is 4.72. The molecule has 1 N–H and O–H groups in total. The molecule has 4 aromatic rings. The highest BCUT2D eigenvalue weighted by Gasteiger charge is 2.20. The lowest BCUT2D eigenvalue weighted by Gasteiger charge is -2.18. The van der Waals surface area contributed by atoms with Crippen LogP contribution in [0.15, 0.2) is 67.1 Å². The number of nitrogens with zero attached hydrogens (tertiary/aromatic N) is 3. The molecule has 30 heavy (non-hydrogen) atoms. The average molecular weight is 397 g/mol. The largest absolute Gasteiger partial charge is 0.367 e. The first-order valence-electron chi connectivity index (χ1n) is 11.0. The van der Waals surface area contributed by atoms with Crippen LogP contribution in [0.25, 0.3) is 27.8 Å². The van der Waals surface area contributed by atoms with Crippen molar-refractivity contribution in [1.82, 2.24) is 14.5 Å². The summed E-state index contributed by atoms with van der Waals surface area (Å²) in [5, 5.41) is 4.89. The first kappa shape index (κ1) is 18.9. The second kappa shape index (κ2) is 8.31. The number of aromatic nitrogens is 3. The number of benzene rings is 2. The van der Waals surface area contributed by atoms with Crippen LogP contribution in [0.3, 0.4) is 0 Å². The van der Waals surface area contributed by atoms with Gasteiger partial charge in [-0.25, -0.2) is 9.97 Å². The smallest absolute Gasteiger partial charge is 0.150 e. The van der Waals surface area contributed by atoms with Crippen LogP contribution in [0.2, 0.25) is 0 Å². The van der Waals surface area contributed by atoms with Gasteiger partial charge in [0.05, 0.1) is 5.39 Å². The molecule has 1 fully saturated rings. The standard InChI is InChI=1S/C26H28N4/c1-19-10-9-15-22(16-19)30-17-23(20-11-5-4-6-12-20)24-25(27-18-28-26(24)30)29-21-13-7-2-3-8-14-21/h4-6,9-12,15-18,21H,2-3,7-8,13-14H2,1H3,(H,27,28,29). The van der Waals surface area contributed by atoms with Crippen LogP contribution in [0.4, 0.5) is 5.82 Å². The molecule has 2 aromatic carbocycles. The molecule has 0 atom stereocenters. The number of anilines is 1. The van der Waals surface area contributed by atoms with Crippen LogP contribution in [0.1, 0.15) is 44.1 Å². The molecule has 0 bridgehead atoms. The molecule has 2 aromatic heterocycles. The molecular formula is C26H28N4. The maximum atomic E-state index is 4.72. The summed E-state index contributed by atoms with van der Waals surface area (Å²) in [5.74, 6) is 0.956. The van der Waals surface area contributed by atoms with Crippen molar-refractivity contribution in [2.45, 2.75) is 51.5 Å². The quantitative estimate of drug-likeness (QED) is 0.399. The Balaban J connectivity index is 1.68. The molecule has 152 valence electrons.